The summed E-state index contributed by atoms with van der Waals surface area (Å²) in [5.41, 5.74) is -0.446. The van der Waals surface area contributed by atoms with Gasteiger partial charge >= 0.3 is 18.1 Å². The molecule has 0 saturated carbocycles. The Labute approximate surface area is 97.0 Å². The van der Waals surface area contributed by atoms with E-state index >= 15 is 0 Å². The van der Waals surface area contributed by atoms with Crippen molar-refractivity contribution >= 4 is 18.1 Å². The van der Waals surface area contributed by atoms with Crippen LogP contribution in [0.4, 0.5) is 8.78 Å². The molecular weight excluding hydrogens is 277 g/mol. The van der Waals surface area contributed by atoms with Gasteiger partial charge in [0.1, 0.15) is 16.5 Å². The molecule has 1 unspecified atom stereocenters. The van der Waals surface area contributed by atoms with Gasteiger partial charge in [-0.05, 0) is 23.6 Å². The van der Waals surface area contributed by atoms with E-state index in [-0.39, 0.29) is 0 Å². The van der Waals surface area contributed by atoms with Crippen LogP contribution in [0.1, 0.15) is 5.56 Å². The second kappa shape index (κ2) is 5.14. The first kappa shape index (κ1) is 14.1. The van der Waals surface area contributed by atoms with Crippen molar-refractivity contribution in [3.05, 3.63) is 29.3 Å². The Balaban J connectivity index is 3.24. The maximum absolute atomic E-state index is 13.3. The Bertz CT molecular complexity index is 557. The van der Waals surface area contributed by atoms with Crippen LogP contribution < -0.4 is 0 Å². The summed E-state index contributed by atoms with van der Waals surface area (Å²) in [6.07, 6.45) is -1.01. The van der Waals surface area contributed by atoms with E-state index in [2.05, 4.69) is 4.18 Å². The first-order valence-corrected chi connectivity index (χ1v) is 7.04. The fourth-order valence-corrected chi connectivity index (χ4v) is 2.93. The minimum atomic E-state index is -4.60. The van der Waals surface area contributed by atoms with Crippen molar-refractivity contribution in [2.45, 2.75) is 11.8 Å². The molecule has 0 aliphatic carbocycles. The van der Waals surface area contributed by atoms with Gasteiger partial charge in [-0.1, -0.05) is 0 Å². The van der Waals surface area contributed by atoms with Crippen LogP contribution in [0.2, 0.25) is 0 Å². The average molecular weight is 285 g/mol. The van der Waals surface area contributed by atoms with E-state index in [1.165, 1.54) is 0 Å². The molecule has 94 valence electrons. The minimum Gasteiger partial charge on any atom is -0.213 e. The quantitative estimate of drug-likeness (QED) is 0.672. The van der Waals surface area contributed by atoms with E-state index in [1.807, 2.05) is 0 Å². The Kier molecular flexibility index (Phi) is 4.26. The van der Waals surface area contributed by atoms with Crippen LogP contribution in [0.15, 0.2) is 17.0 Å². The third-order valence-electron chi connectivity index (χ3n) is 1.86. The first-order valence-electron chi connectivity index (χ1n) is 4.23. The lowest BCUT2D eigenvalue weighted by Crippen LogP contribution is -2.11. The van der Waals surface area contributed by atoms with Crippen LogP contribution in [0.25, 0.3) is 0 Å². The fourth-order valence-electron chi connectivity index (χ4n) is 1.11. The second-order valence-corrected chi connectivity index (χ2v) is 5.55. The van der Waals surface area contributed by atoms with Gasteiger partial charge in [-0.3, -0.25) is 0 Å². The molecule has 0 aliphatic heterocycles. The van der Waals surface area contributed by atoms with E-state index in [9.17, 15) is 21.8 Å². The molecule has 1 aromatic rings. The molecule has 1 N–H and O–H groups in total. The van der Waals surface area contributed by atoms with Gasteiger partial charge in [0, 0.05) is 5.56 Å². The fraction of sp³-hybridized carbons (Fsp3) is 0.250. The van der Waals surface area contributed by atoms with Gasteiger partial charge in [-0.25, -0.2) is 13.0 Å². The summed E-state index contributed by atoms with van der Waals surface area (Å²) in [5, 5.41) is 0. The Morgan fingerprint density at radius 3 is 2.41 bits per heavy atom. The highest BCUT2D eigenvalue weighted by Gasteiger charge is 2.28. The van der Waals surface area contributed by atoms with E-state index in [0.717, 1.165) is 13.0 Å². The third kappa shape index (κ3) is 3.26. The summed E-state index contributed by atoms with van der Waals surface area (Å²) >= 11 is 0. The molecule has 0 saturated heterocycles. The van der Waals surface area contributed by atoms with Gasteiger partial charge in [0.15, 0.2) is 0 Å². The highest BCUT2D eigenvalue weighted by molar-refractivity contribution is 7.87. The van der Waals surface area contributed by atoms with E-state index < -0.39 is 46.6 Å². The van der Waals surface area contributed by atoms with Crippen LogP contribution in [0.3, 0.4) is 0 Å². The van der Waals surface area contributed by atoms with Gasteiger partial charge in [0.2, 0.25) is 0 Å². The number of rotatable bonds is 4. The zero-order valence-electron chi connectivity index (χ0n) is 8.55. The van der Waals surface area contributed by atoms with Crippen molar-refractivity contribution in [2.75, 3.05) is 6.35 Å². The third-order valence-corrected chi connectivity index (χ3v) is 3.81. The Hall–Kier alpha value is -0.950. The van der Waals surface area contributed by atoms with Crippen LogP contribution in [0, 0.1) is 18.6 Å². The average Bonchev–Trinajstić information content (AvgIpc) is 2.21. The zero-order valence-corrected chi connectivity index (χ0v) is 10.3. The molecule has 17 heavy (non-hydrogen) atoms. The lowest BCUT2D eigenvalue weighted by Gasteiger charge is -2.07. The summed E-state index contributed by atoms with van der Waals surface area (Å²) in [5.74, 6) is -2.10. The molecule has 0 bridgehead atoms. The molecule has 0 aliphatic rings. The van der Waals surface area contributed by atoms with Crippen molar-refractivity contribution in [3.8, 4) is 0 Å². The van der Waals surface area contributed by atoms with Crippen molar-refractivity contribution in [3.63, 3.8) is 0 Å². The standard InChI is InChI=1S/C8H7F2O5PS/c1-5-6(9)2-3-7(10)8(5)17(13,14)15-4-16(11)12/h2-3H,4H2,1H3/p+1. The smallest absolute Gasteiger partial charge is 0.213 e. The molecule has 1 rings (SSSR count). The van der Waals surface area contributed by atoms with Crippen molar-refractivity contribution in [1.29, 1.82) is 0 Å². The first-order chi connectivity index (χ1) is 7.75. The SMILES string of the molecule is Cc1c(F)ccc(F)c1S(=O)(=O)OC[P+](=O)O. The lowest BCUT2D eigenvalue weighted by atomic mass is 10.2. The largest absolute Gasteiger partial charge is 0.535 e. The number of benzene rings is 1. The predicted octanol–water partition coefficient (Wildman–Crippen LogP) is 1.67. The summed E-state index contributed by atoms with van der Waals surface area (Å²) in [6, 6.07) is 1.41. The lowest BCUT2D eigenvalue weighted by molar-refractivity contribution is 0.351. The van der Waals surface area contributed by atoms with Gasteiger partial charge in [-0.2, -0.15) is 13.3 Å². The Morgan fingerprint density at radius 1 is 1.35 bits per heavy atom. The number of halogens is 2. The van der Waals surface area contributed by atoms with Gasteiger partial charge in [0.25, 0.3) is 6.35 Å². The van der Waals surface area contributed by atoms with Crippen LogP contribution in [-0.4, -0.2) is 19.7 Å². The second-order valence-electron chi connectivity index (χ2n) is 3.04. The van der Waals surface area contributed by atoms with Gasteiger partial charge < -0.3 is 0 Å². The normalized spacial score (nSPS) is 12.6. The van der Waals surface area contributed by atoms with E-state index in [0.29, 0.717) is 6.07 Å². The molecule has 1 aromatic carbocycles. The van der Waals surface area contributed by atoms with Crippen LogP contribution in [0.5, 0.6) is 0 Å². The summed E-state index contributed by atoms with van der Waals surface area (Å²) in [7, 11) is -7.45. The molecule has 0 aromatic heterocycles. The van der Waals surface area contributed by atoms with Crippen molar-refractivity contribution in [2.24, 2.45) is 0 Å². The van der Waals surface area contributed by atoms with E-state index in [1.54, 1.807) is 0 Å². The topological polar surface area (TPSA) is 80.7 Å². The molecule has 1 atom stereocenters. The molecule has 0 heterocycles. The monoisotopic (exact) mass is 285 g/mol. The number of hydrogen-bond donors (Lipinski definition) is 1. The van der Waals surface area contributed by atoms with Crippen molar-refractivity contribution < 1.29 is 30.8 Å². The predicted molar refractivity (Wildman–Crippen MR) is 54.1 cm³/mol. The summed E-state index contributed by atoms with van der Waals surface area (Å²) in [4.78, 5) is 7.44. The molecule has 0 fully saturated rings. The number of hydrogen-bond acceptors (Lipinski definition) is 4. The molecular formula is C8H8F2O5PS+. The highest BCUT2D eigenvalue weighted by Crippen LogP contribution is 2.25. The molecule has 0 spiro atoms. The van der Waals surface area contributed by atoms with Crippen LogP contribution in [-0.2, 0) is 18.9 Å². The zero-order chi connectivity index (χ0) is 13.2. The summed E-state index contributed by atoms with van der Waals surface area (Å²) < 4.78 is 63.7. The van der Waals surface area contributed by atoms with E-state index in [4.69, 9.17) is 4.89 Å². The molecule has 0 amide bonds. The molecule has 0 radical (unpaired) electrons. The van der Waals surface area contributed by atoms with Crippen molar-refractivity contribution in [1.82, 2.24) is 0 Å². The Morgan fingerprint density at radius 2 is 1.88 bits per heavy atom. The summed E-state index contributed by atoms with van der Waals surface area (Å²) in [6.45, 7) is 1.06. The minimum absolute atomic E-state index is 0.446. The van der Waals surface area contributed by atoms with Gasteiger partial charge in [-0.15, -0.1) is 0 Å². The molecule has 5 nitrogen and oxygen atoms in total. The van der Waals surface area contributed by atoms with Gasteiger partial charge in [0.05, 0.1) is 0 Å². The van der Waals surface area contributed by atoms with Crippen LogP contribution >= 0.6 is 8.03 Å². The highest BCUT2D eigenvalue weighted by atomic mass is 32.2. The maximum atomic E-state index is 13.3. The maximum Gasteiger partial charge on any atom is 0.535 e. The molecule has 9 heteroatoms.